The smallest absolute Gasteiger partial charge is 0.407 e. The van der Waals surface area contributed by atoms with E-state index in [0.717, 1.165) is 0 Å². The molecule has 0 saturated carbocycles. The second-order valence-corrected chi connectivity index (χ2v) is 7.12. The molecule has 2 N–H and O–H groups in total. The summed E-state index contributed by atoms with van der Waals surface area (Å²) in [4.78, 5) is 11.7. The van der Waals surface area contributed by atoms with Crippen LogP contribution in [0.1, 0.15) is 27.2 Å². The van der Waals surface area contributed by atoms with Gasteiger partial charge in [0.25, 0.3) is 0 Å². The summed E-state index contributed by atoms with van der Waals surface area (Å²) in [6, 6.07) is 7.81. The summed E-state index contributed by atoms with van der Waals surface area (Å²) in [5.41, 5.74) is 0. The van der Waals surface area contributed by atoms with Gasteiger partial charge in [0.2, 0.25) is 10.0 Å². The summed E-state index contributed by atoms with van der Waals surface area (Å²) in [6.07, 6.45) is 0.114. The monoisotopic (exact) mass is 328 g/mol. The molecule has 0 aliphatic carbocycles. The molecule has 1 atom stereocenters. The molecule has 1 unspecified atom stereocenters. The van der Waals surface area contributed by atoms with Crippen molar-refractivity contribution in [3.8, 4) is 0 Å². The summed E-state index contributed by atoms with van der Waals surface area (Å²) in [7, 11) is -3.58. The van der Waals surface area contributed by atoms with Crippen LogP contribution in [0.15, 0.2) is 35.2 Å². The number of hydrogen-bond donors (Lipinski definition) is 2. The number of sulfonamides is 1. The van der Waals surface area contributed by atoms with Crippen LogP contribution in [-0.2, 0) is 14.8 Å². The highest BCUT2D eigenvalue weighted by Gasteiger charge is 2.19. The van der Waals surface area contributed by atoms with Crippen molar-refractivity contribution in [2.75, 3.05) is 13.2 Å². The van der Waals surface area contributed by atoms with Gasteiger partial charge in [-0.05, 0) is 31.4 Å². The van der Waals surface area contributed by atoms with Gasteiger partial charge in [0.15, 0.2) is 0 Å². The fourth-order valence-electron chi connectivity index (χ4n) is 2.00. The molecule has 0 bridgehead atoms. The van der Waals surface area contributed by atoms with Gasteiger partial charge >= 0.3 is 6.09 Å². The largest absolute Gasteiger partial charge is 0.450 e. The Balaban J connectivity index is 2.68. The summed E-state index contributed by atoms with van der Waals surface area (Å²) < 4.78 is 31.7. The summed E-state index contributed by atoms with van der Waals surface area (Å²) in [5.74, 6) is 0.313. The molecule has 0 aliphatic heterocycles. The number of hydrogen-bond acceptors (Lipinski definition) is 4. The fourth-order valence-corrected chi connectivity index (χ4v) is 3.10. The zero-order valence-corrected chi connectivity index (χ0v) is 14.0. The summed E-state index contributed by atoms with van der Waals surface area (Å²) in [5, 5.41) is 2.69. The van der Waals surface area contributed by atoms with Crippen LogP contribution < -0.4 is 10.0 Å². The molecule has 1 aromatic rings. The molecule has 7 heteroatoms. The first-order valence-electron chi connectivity index (χ1n) is 7.33. The Labute approximate surface area is 132 Å². The van der Waals surface area contributed by atoms with Crippen LogP contribution in [0, 0.1) is 5.92 Å². The van der Waals surface area contributed by atoms with Gasteiger partial charge in [-0.15, -0.1) is 0 Å². The van der Waals surface area contributed by atoms with Gasteiger partial charge in [0.05, 0.1) is 11.5 Å². The Bertz CT molecular complexity index is 558. The SMILES string of the molecule is CCOC(=O)NC(CNS(=O)(=O)c1ccccc1)CC(C)C. The Hall–Kier alpha value is -1.60. The lowest BCUT2D eigenvalue weighted by molar-refractivity contribution is 0.146. The predicted octanol–water partition coefficient (Wildman–Crippen LogP) is 2.13. The molecule has 1 aromatic carbocycles. The fraction of sp³-hybridized carbons (Fsp3) is 0.533. The minimum atomic E-state index is -3.58. The van der Waals surface area contributed by atoms with Crippen LogP contribution in [0.5, 0.6) is 0 Å². The molecular weight excluding hydrogens is 304 g/mol. The number of carbonyl (C=O) groups excluding carboxylic acids is 1. The average molecular weight is 328 g/mol. The van der Waals surface area contributed by atoms with Crippen LogP contribution in [0.4, 0.5) is 4.79 Å². The van der Waals surface area contributed by atoms with E-state index >= 15 is 0 Å². The normalized spacial score (nSPS) is 12.9. The van der Waals surface area contributed by atoms with Crippen molar-refractivity contribution in [1.29, 1.82) is 0 Å². The van der Waals surface area contributed by atoms with Crippen LogP contribution >= 0.6 is 0 Å². The minimum Gasteiger partial charge on any atom is -0.450 e. The van der Waals surface area contributed by atoms with Gasteiger partial charge in [0.1, 0.15) is 0 Å². The van der Waals surface area contributed by atoms with E-state index in [-0.39, 0.29) is 24.1 Å². The number of benzene rings is 1. The maximum Gasteiger partial charge on any atom is 0.407 e. The minimum absolute atomic E-state index is 0.119. The quantitative estimate of drug-likeness (QED) is 0.765. The number of alkyl carbamates (subject to hydrolysis) is 1. The van der Waals surface area contributed by atoms with Crippen molar-refractivity contribution in [1.82, 2.24) is 10.0 Å². The first kappa shape index (κ1) is 18.4. The van der Waals surface area contributed by atoms with E-state index < -0.39 is 16.1 Å². The third kappa shape index (κ3) is 6.44. The lowest BCUT2D eigenvalue weighted by Crippen LogP contribution is -2.44. The third-order valence-electron chi connectivity index (χ3n) is 2.93. The molecule has 6 nitrogen and oxygen atoms in total. The topological polar surface area (TPSA) is 84.5 Å². The molecular formula is C15H24N2O4S. The maximum atomic E-state index is 12.2. The van der Waals surface area contributed by atoms with Crippen molar-refractivity contribution in [3.05, 3.63) is 30.3 Å². The molecule has 22 heavy (non-hydrogen) atoms. The number of nitrogens with one attached hydrogen (secondary N) is 2. The first-order chi connectivity index (χ1) is 10.3. The average Bonchev–Trinajstić information content (AvgIpc) is 2.45. The van der Waals surface area contributed by atoms with Crippen molar-refractivity contribution in [2.45, 2.75) is 38.1 Å². The molecule has 0 saturated heterocycles. The zero-order valence-electron chi connectivity index (χ0n) is 13.2. The van der Waals surface area contributed by atoms with Gasteiger partial charge in [-0.25, -0.2) is 17.9 Å². The molecule has 0 aromatic heterocycles. The third-order valence-corrected chi connectivity index (χ3v) is 4.37. The van der Waals surface area contributed by atoms with Crippen LogP contribution in [-0.4, -0.2) is 33.7 Å². The van der Waals surface area contributed by atoms with Crippen molar-refractivity contribution in [3.63, 3.8) is 0 Å². The van der Waals surface area contributed by atoms with Crippen molar-refractivity contribution >= 4 is 16.1 Å². The Kier molecular flexibility index (Phi) is 7.34. The van der Waals surface area contributed by atoms with Gasteiger partial charge in [-0.2, -0.15) is 0 Å². The van der Waals surface area contributed by atoms with Gasteiger partial charge in [0, 0.05) is 12.6 Å². The summed E-state index contributed by atoms with van der Waals surface area (Å²) in [6.45, 7) is 6.12. The Morgan fingerprint density at radius 1 is 1.23 bits per heavy atom. The standard InChI is InChI=1S/C15H24N2O4S/c1-4-21-15(18)17-13(10-12(2)3)11-16-22(19,20)14-8-6-5-7-9-14/h5-9,12-13,16H,4,10-11H2,1-3H3,(H,17,18). The lowest BCUT2D eigenvalue weighted by atomic mass is 10.0. The van der Waals surface area contributed by atoms with Crippen molar-refractivity contribution in [2.24, 2.45) is 5.92 Å². The molecule has 0 aliphatic rings. The number of ether oxygens (including phenoxy) is 1. The van der Waals surface area contributed by atoms with E-state index in [1.54, 1.807) is 25.1 Å². The maximum absolute atomic E-state index is 12.2. The Morgan fingerprint density at radius 3 is 2.41 bits per heavy atom. The highest BCUT2D eigenvalue weighted by Crippen LogP contribution is 2.09. The predicted molar refractivity (Wildman–Crippen MR) is 85.0 cm³/mol. The molecule has 1 rings (SSSR count). The highest BCUT2D eigenvalue weighted by molar-refractivity contribution is 7.89. The molecule has 0 fully saturated rings. The van der Waals surface area contributed by atoms with E-state index in [1.165, 1.54) is 12.1 Å². The number of amides is 1. The molecule has 124 valence electrons. The number of carbonyl (C=O) groups is 1. The molecule has 0 heterocycles. The van der Waals surface area contributed by atoms with Crippen LogP contribution in [0.25, 0.3) is 0 Å². The summed E-state index contributed by atoms with van der Waals surface area (Å²) >= 11 is 0. The van der Waals surface area contributed by atoms with Gasteiger partial charge in [-0.3, -0.25) is 0 Å². The molecule has 0 spiro atoms. The number of rotatable bonds is 8. The van der Waals surface area contributed by atoms with E-state index in [4.69, 9.17) is 4.74 Å². The Morgan fingerprint density at radius 2 is 1.86 bits per heavy atom. The first-order valence-corrected chi connectivity index (χ1v) is 8.81. The lowest BCUT2D eigenvalue weighted by Gasteiger charge is -2.20. The van der Waals surface area contributed by atoms with E-state index in [9.17, 15) is 13.2 Å². The van der Waals surface area contributed by atoms with Gasteiger partial charge < -0.3 is 10.1 Å². The second kappa shape index (κ2) is 8.75. The molecule has 0 radical (unpaired) electrons. The van der Waals surface area contributed by atoms with Crippen LogP contribution in [0.3, 0.4) is 0 Å². The van der Waals surface area contributed by atoms with Crippen molar-refractivity contribution < 1.29 is 17.9 Å². The van der Waals surface area contributed by atoms with E-state index in [1.807, 2.05) is 13.8 Å². The van der Waals surface area contributed by atoms with E-state index in [2.05, 4.69) is 10.0 Å². The van der Waals surface area contributed by atoms with E-state index in [0.29, 0.717) is 12.3 Å². The molecule has 1 amide bonds. The highest BCUT2D eigenvalue weighted by atomic mass is 32.2. The van der Waals surface area contributed by atoms with Gasteiger partial charge in [-0.1, -0.05) is 32.0 Å². The van der Waals surface area contributed by atoms with Crippen LogP contribution in [0.2, 0.25) is 0 Å². The zero-order chi connectivity index (χ0) is 16.6. The second-order valence-electron chi connectivity index (χ2n) is 5.36.